The zero-order valence-electron chi connectivity index (χ0n) is 20.9. The average Bonchev–Trinajstić information content (AvgIpc) is 3.39. The van der Waals surface area contributed by atoms with Crippen molar-refractivity contribution < 1.29 is 23.6 Å². The quantitative estimate of drug-likeness (QED) is 0.302. The van der Waals surface area contributed by atoms with Crippen LogP contribution in [0.2, 0.25) is 0 Å². The fraction of sp³-hybridized carbons (Fsp3) is 0.593. The molecule has 0 spiro atoms. The van der Waals surface area contributed by atoms with Crippen LogP contribution in [0.3, 0.4) is 0 Å². The van der Waals surface area contributed by atoms with E-state index in [1.165, 1.54) is 6.26 Å². The number of nitrogens with one attached hydrogen (secondary N) is 1. The van der Waals surface area contributed by atoms with Gasteiger partial charge < -0.3 is 19.4 Å². The molecule has 2 amide bonds. The summed E-state index contributed by atoms with van der Waals surface area (Å²) in [7, 11) is 1.56. The van der Waals surface area contributed by atoms with E-state index in [0.717, 1.165) is 70.3 Å². The molecule has 2 aliphatic heterocycles. The maximum atomic E-state index is 13.3. The number of hydrogen-bond acceptors (Lipinski definition) is 4. The van der Waals surface area contributed by atoms with Crippen LogP contribution in [0.15, 0.2) is 47.4 Å². The molecule has 0 atom stereocenters. The number of hydrogen-bond donors (Lipinski definition) is 1. The molecule has 3 aliphatic rings. The zero-order valence-corrected chi connectivity index (χ0v) is 20.9. The van der Waals surface area contributed by atoms with Crippen molar-refractivity contribution in [1.82, 2.24) is 10.2 Å². The van der Waals surface area contributed by atoms with Crippen molar-refractivity contribution in [2.75, 3.05) is 46.4 Å². The van der Waals surface area contributed by atoms with E-state index in [2.05, 4.69) is 11.9 Å². The van der Waals surface area contributed by atoms with Gasteiger partial charge >= 0.3 is 0 Å². The molecule has 0 unspecified atom stereocenters. The van der Waals surface area contributed by atoms with Gasteiger partial charge in [0.1, 0.15) is 6.54 Å². The number of Topliss-reactive ketones (excluding diaryl/α,β-unsaturated/α-hetero) is 1. The summed E-state index contributed by atoms with van der Waals surface area (Å²) in [5, 5.41) is 3.07. The van der Waals surface area contributed by atoms with Crippen molar-refractivity contribution in [3.63, 3.8) is 0 Å². The highest BCUT2D eigenvalue weighted by Crippen LogP contribution is 2.27. The van der Waals surface area contributed by atoms with Gasteiger partial charge in [0.05, 0.1) is 32.2 Å². The Bertz CT molecular complexity index is 886. The van der Waals surface area contributed by atoms with E-state index in [1.54, 1.807) is 13.2 Å². The topological polar surface area (TPSA) is 75.7 Å². The lowest BCUT2D eigenvalue weighted by molar-refractivity contribution is -0.912. The summed E-state index contributed by atoms with van der Waals surface area (Å²) in [6, 6.07) is 0. The fourth-order valence-electron chi connectivity index (χ4n) is 5.30. The van der Waals surface area contributed by atoms with Gasteiger partial charge in [-0.25, -0.2) is 0 Å². The second-order valence-corrected chi connectivity index (χ2v) is 9.92. The van der Waals surface area contributed by atoms with Gasteiger partial charge in [-0.05, 0) is 69.1 Å². The Morgan fingerprint density at radius 1 is 1.09 bits per heavy atom. The van der Waals surface area contributed by atoms with Crippen LogP contribution in [-0.4, -0.2) is 73.4 Å². The molecule has 0 saturated carbocycles. The molecule has 0 aromatic rings. The van der Waals surface area contributed by atoms with E-state index in [4.69, 9.17) is 4.74 Å². The van der Waals surface area contributed by atoms with Crippen LogP contribution in [0.4, 0.5) is 0 Å². The van der Waals surface area contributed by atoms with E-state index < -0.39 is 0 Å². The first-order chi connectivity index (χ1) is 16.3. The molecule has 3 rings (SSSR count). The van der Waals surface area contributed by atoms with Gasteiger partial charge in [0.2, 0.25) is 0 Å². The number of allylic oxidation sites excluding steroid dienone is 4. The maximum Gasteiger partial charge on any atom is 0.279 e. The number of quaternary nitrogens is 1. The van der Waals surface area contributed by atoms with Gasteiger partial charge in [-0.1, -0.05) is 12.7 Å². The Balaban J connectivity index is 1.71. The molecular weight excluding hydrogens is 430 g/mol. The molecule has 7 heteroatoms. The van der Waals surface area contributed by atoms with Crippen LogP contribution in [0.5, 0.6) is 0 Å². The lowest BCUT2D eigenvalue weighted by Gasteiger charge is -2.36. The predicted molar refractivity (Wildman–Crippen MR) is 132 cm³/mol. The summed E-state index contributed by atoms with van der Waals surface area (Å²) < 4.78 is 5.39. The first-order valence-corrected chi connectivity index (χ1v) is 12.6. The first-order valence-electron chi connectivity index (χ1n) is 12.6. The van der Waals surface area contributed by atoms with Crippen LogP contribution in [0, 0.1) is 0 Å². The third-order valence-electron chi connectivity index (χ3n) is 7.09. The van der Waals surface area contributed by atoms with E-state index in [1.807, 2.05) is 17.9 Å². The van der Waals surface area contributed by atoms with E-state index in [-0.39, 0.29) is 30.6 Å². The highest BCUT2D eigenvalue weighted by atomic mass is 16.5. The maximum absolute atomic E-state index is 13.3. The Labute approximate surface area is 203 Å². The molecule has 7 nitrogen and oxygen atoms in total. The van der Waals surface area contributed by atoms with Crippen LogP contribution in [-0.2, 0) is 19.1 Å². The lowest BCUT2D eigenvalue weighted by Crippen LogP contribution is -2.56. The van der Waals surface area contributed by atoms with Crippen LogP contribution < -0.4 is 5.32 Å². The zero-order chi connectivity index (χ0) is 24.6. The van der Waals surface area contributed by atoms with Gasteiger partial charge in [-0.2, -0.15) is 0 Å². The van der Waals surface area contributed by atoms with Crippen molar-refractivity contribution in [1.29, 1.82) is 0 Å². The van der Waals surface area contributed by atoms with E-state index >= 15 is 0 Å². The van der Waals surface area contributed by atoms with Gasteiger partial charge in [0.25, 0.3) is 11.8 Å². The minimum absolute atomic E-state index is 0.0392. The fourth-order valence-corrected chi connectivity index (χ4v) is 5.30. The third kappa shape index (κ3) is 6.92. The smallest absolute Gasteiger partial charge is 0.279 e. The number of methoxy groups -OCH3 is 1. The van der Waals surface area contributed by atoms with E-state index in [0.29, 0.717) is 34.3 Å². The SMILES string of the molecule is C=C(/C=C\OC)CC(=O)C[N+]1(CC(=O)NC2=C(C(=O)N3CCCC3)CC=C2C)CCCCCC1. The third-order valence-corrected chi connectivity index (χ3v) is 7.09. The summed E-state index contributed by atoms with van der Waals surface area (Å²) >= 11 is 0. The van der Waals surface area contributed by atoms with Crippen LogP contribution in [0.1, 0.15) is 58.3 Å². The van der Waals surface area contributed by atoms with Crippen molar-refractivity contribution in [2.24, 2.45) is 0 Å². The number of amides is 2. The van der Waals surface area contributed by atoms with Crippen molar-refractivity contribution in [2.45, 2.75) is 58.3 Å². The Kier molecular flexibility index (Phi) is 9.28. The van der Waals surface area contributed by atoms with Gasteiger partial charge in [0.15, 0.2) is 12.3 Å². The molecule has 2 fully saturated rings. The average molecular weight is 471 g/mol. The van der Waals surface area contributed by atoms with Gasteiger partial charge in [-0.3, -0.25) is 14.4 Å². The molecule has 0 aromatic carbocycles. The van der Waals surface area contributed by atoms with Crippen molar-refractivity contribution in [3.05, 3.63) is 47.4 Å². The normalized spacial score (nSPS) is 20.3. The largest absolute Gasteiger partial charge is 0.504 e. The predicted octanol–water partition coefficient (Wildman–Crippen LogP) is 3.40. The number of carbonyl (C=O) groups excluding carboxylic acids is 3. The summed E-state index contributed by atoms with van der Waals surface area (Å²) in [6.07, 6.45) is 12.4. The molecule has 1 N–H and O–H groups in total. The lowest BCUT2D eigenvalue weighted by atomic mass is 10.1. The Morgan fingerprint density at radius 3 is 2.41 bits per heavy atom. The van der Waals surface area contributed by atoms with E-state index in [9.17, 15) is 14.4 Å². The molecule has 0 aromatic heterocycles. The minimum Gasteiger partial charge on any atom is -0.504 e. The standard InChI is InChI=1S/C27H39N3O4/c1-21(12-17-34-3)18-23(31)19-30(15-8-4-5-9-16-30)20-25(32)28-26-22(2)10-11-24(26)27(33)29-13-6-7-14-29/h10,12,17H,1,4-9,11,13-16,18-20H2,2-3H3/p+1/b17-12-. The number of ether oxygens (including phenoxy) is 1. The highest BCUT2D eigenvalue weighted by Gasteiger charge is 2.35. The molecule has 186 valence electrons. The second kappa shape index (κ2) is 12.2. The van der Waals surface area contributed by atoms with Gasteiger partial charge in [0, 0.05) is 25.1 Å². The summed E-state index contributed by atoms with van der Waals surface area (Å²) in [4.78, 5) is 41.1. The van der Waals surface area contributed by atoms with Gasteiger partial charge in [-0.15, -0.1) is 0 Å². The Morgan fingerprint density at radius 2 is 1.76 bits per heavy atom. The molecular formula is C27H40N3O4+. The van der Waals surface area contributed by atoms with Crippen molar-refractivity contribution in [3.8, 4) is 0 Å². The Hall–Kier alpha value is -2.67. The number of ketones is 1. The van der Waals surface area contributed by atoms with Crippen LogP contribution in [0.25, 0.3) is 0 Å². The summed E-state index contributed by atoms with van der Waals surface area (Å²) in [5.74, 6) is 0.00284. The molecule has 2 heterocycles. The monoisotopic (exact) mass is 470 g/mol. The number of likely N-dealkylation sites (tertiary alicyclic amines) is 2. The minimum atomic E-state index is -0.121. The number of nitrogens with zero attached hydrogens (tertiary/aromatic N) is 2. The number of rotatable bonds is 10. The molecule has 1 aliphatic carbocycles. The van der Waals surface area contributed by atoms with Crippen LogP contribution >= 0.6 is 0 Å². The molecule has 2 saturated heterocycles. The second-order valence-electron chi connectivity index (χ2n) is 9.92. The van der Waals surface area contributed by atoms with Crippen molar-refractivity contribution >= 4 is 17.6 Å². The molecule has 0 bridgehead atoms. The highest BCUT2D eigenvalue weighted by molar-refractivity contribution is 5.97. The summed E-state index contributed by atoms with van der Waals surface area (Å²) in [5.41, 5.74) is 2.99. The first kappa shape index (κ1) is 25.9. The molecule has 34 heavy (non-hydrogen) atoms. The number of carbonyl (C=O) groups is 3. The molecule has 0 radical (unpaired) electrons. The summed E-state index contributed by atoms with van der Waals surface area (Å²) in [6.45, 7) is 9.65.